The fourth-order valence-electron chi connectivity index (χ4n) is 3.22. The van der Waals surface area contributed by atoms with Crippen molar-refractivity contribution in [2.75, 3.05) is 4.72 Å². The van der Waals surface area contributed by atoms with Crippen molar-refractivity contribution in [1.29, 1.82) is 0 Å². The molecule has 4 rings (SSSR count). The Morgan fingerprint density at radius 1 is 0.939 bits per heavy atom. The number of carbonyl (C=O) groups is 1. The van der Waals surface area contributed by atoms with Gasteiger partial charge < -0.3 is 5.32 Å². The zero-order valence-corrected chi connectivity index (χ0v) is 19.1. The van der Waals surface area contributed by atoms with E-state index in [4.69, 9.17) is 11.6 Å². The first-order valence-corrected chi connectivity index (χ1v) is 12.0. The lowest BCUT2D eigenvalue weighted by atomic mass is 10.1. The van der Waals surface area contributed by atoms with E-state index >= 15 is 0 Å². The van der Waals surface area contributed by atoms with Gasteiger partial charge in [0.2, 0.25) is 0 Å². The number of halogens is 1. The highest BCUT2D eigenvalue weighted by molar-refractivity contribution is 7.92. The standard InChI is InChI=1S/C24H21ClN4O3S/c25-21-7-9-22(10-8-21)28-33(31,32)23-11-5-20(6-12-23)24(30)26-16-18-3-1-4-19(15-18)17-29-14-2-13-27-29/h1-15,28H,16-17H2,(H,26,30). The number of nitrogens with one attached hydrogen (secondary N) is 2. The van der Waals surface area contributed by atoms with Crippen LogP contribution in [0.4, 0.5) is 5.69 Å². The molecule has 0 spiro atoms. The summed E-state index contributed by atoms with van der Waals surface area (Å²) >= 11 is 5.83. The Hall–Kier alpha value is -3.62. The summed E-state index contributed by atoms with van der Waals surface area (Å²) < 4.78 is 29.5. The van der Waals surface area contributed by atoms with Crippen LogP contribution in [0.1, 0.15) is 21.5 Å². The van der Waals surface area contributed by atoms with Gasteiger partial charge in [-0.1, -0.05) is 35.9 Å². The molecule has 1 aromatic heterocycles. The maximum absolute atomic E-state index is 12.6. The van der Waals surface area contributed by atoms with Crippen LogP contribution < -0.4 is 10.0 Å². The first-order valence-electron chi connectivity index (χ1n) is 10.1. The van der Waals surface area contributed by atoms with Crippen molar-refractivity contribution in [2.45, 2.75) is 18.0 Å². The summed E-state index contributed by atoms with van der Waals surface area (Å²) in [4.78, 5) is 12.6. The highest BCUT2D eigenvalue weighted by Gasteiger charge is 2.15. The lowest BCUT2D eigenvalue weighted by molar-refractivity contribution is 0.0951. The fraction of sp³-hybridized carbons (Fsp3) is 0.0833. The molecule has 2 N–H and O–H groups in total. The van der Waals surface area contributed by atoms with Crippen LogP contribution in [0.5, 0.6) is 0 Å². The maximum Gasteiger partial charge on any atom is 0.261 e. The van der Waals surface area contributed by atoms with Crippen LogP contribution in [-0.4, -0.2) is 24.1 Å². The van der Waals surface area contributed by atoms with Crippen LogP contribution in [0.3, 0.4) is 0 Å². The number of rotatable bonds is 8. The van der Waals surface area contributed by atoms with Gasteiger partial charge in [-0.05, 0) is 65.7 Å². The Morgan fingerprint density at radius 3 is 2.36 bits per heavy atom. The van der Waals surface area contributed by atoms with Gasteiger partial charge in [0.15, 0.2) is 0 Å². The highest BCUT2D eigenvalue weighted by Crippen LogP contribution is 2.19. The maximum atomic E-state index is 12.6. The summed E-state index contributed by atoms with van der Waals surface area (Å²) in [6.07, 6.45) is 3.62. The van der Waals surface area contributed by atoms with Crippen molar-refractivity contribution < 1.29 is 13.2 Å². The van der Waals surface area contributed by atoms with Gasteiger partial charge in [0.25, 0.3) is 15.9 Å². The zero-order valence-electron chi connectivity index (χ0n) is 17.5. The molecule has 0 saturated heterocycles. The summed E-state index contributed by atoms with van der Waals surface area (Å²) in [5.74, 6) is -0.290. The van der Waals surface area contributed by atoms with E-state index in [9.17, 15) is 13.2 Å². The molecule has 3 aromatic carbocycles. The van der Waals surface area contributed by atoms with Crippen molar-refractivity contribution >= 4 is 33.2 Å². The number of anilines is 1. The molecular weight excluding hydrogens is 460 g/mol. The molecule has 0 aliphatic heterocycles. The predicted octanol–water partition coefficient (Wildman–Crippen LogP) is 4.32. The van der Waals surface area contributed by atoms with Crippen molar-refractivity contribution in [1.82, 2.24) is 15.1 Å². The summed E-state index contributed by atoms with van der Waals surface area (Å²) in [6, 6.07) is 21.9. The Labute approximate surface area is 197 Å². The smallest absolute Gasteiger partial charge is 0.261 e. The molecule has 7 nitrogen and oxygen atoms in total. The Balaban J connectivity index is 1.37. The summed E-state index contributed by atoms with van der Waals surface area (Å²) in [5, 5.41) is 7.58. The average molecular weight is 481 g/mol. The third-order valence-electron chi connectivity index (χ3n) is 4.87. The number of benzene rings is 3. The molecule has 1 heterocycles. The Morgan fingerprint density at radius 2 is 1.67 bits per heavy atom. The fourth-order valence-corrected chi connectivity index (χ4v) is 4.41. The van der Waals surface area contributed by atoms with Crippen LogP contribution in [-0.2, 0) is 23.1 Å². The molecule has 0 saturated carbocycles. The quantitative estimate of drug-likeness (QED) is 0.393. The van der Waals surface area contributed by atoms with E-state index in [1.807, 2.05) is 41.2 Å². The van der Waals surface area contributed by atoms with Gasteiger partial charge in [0.1, 0.15) is 0 Å². The second-order valence-electron chi connectivity index (χ2n) is 7.34. The lowest BCUT2D eigenvalue weighted by Gasteiger charge is -2.10. The van der Waals surface area contributed by atoms with Gasteiger partial charge in [-0.3, -0.25) is 14.2 Å². The van der Waals surface area contributed by atoms with Crippen molar-refractivity contribution in [3.63, 3.8) is 0 Å². The van der Waals surface area contributed by atoms with Crippen LogP contribution in [0, 0.1) is 0 Å². The molecule has 0 atom stereocenters. The van der Waals surface area contributed by atoms with E-state index in [1.54, 1.807) is 30.5 Å². The largest absolute Gasteiger partial charge is 0.348 e. The molecule has 168 valence electrons. The normalized spacial score (nSPS) is 11.2. The van der Waals surface area contributed by atoms with Crippen LogP contribution in [0.15, 0.2) is 96.2 Å². The van der Waals surface area contributed by atoms with E-state index in [0.29, 0.717) is 29.4 Å². The number of hydrogen-bond donors (Lipinski definition) is 2. The van der Waals surface area contributed by atoms with Gasteiger partial charge in [0.05, 0.1) is 11.4 Å². The third-order valence-corrected chi connectivity index (χ3v) is 6.52. The molecule has 0 bridgehead atoms. The lowest BCUT2D eigenvalue weighted by Crippen LogP contribution is -2.23. The summed E-state index contributed by atoms with van der Waals surface area (Å²) in [5.41, 5.74) is 2.80. The first kappa shape index (κ1) is 22.6. The second-order valence-corrected chi connectivity index (χ2v) is 9.46. The van der Waals surface area contributed by atoms with Gasteiger partial charge >= 0.3 is 0 Å². The van der Waals surface area contributed by atoms with E-state index in [2.05, 4.69) is 15.1 Å². The van der Waals surface area contributed by atoms with Gasteiger partial charge in [-0.15, -0.1) is 0 Å². The highest BCUT2D eigenvalue weighted by atomic mass is 35.5. The van der Waals surface area contributed by atoms with Crippen LogP contribution >= 0.6 is 11.6 Å². The number of sulfonamides is 1. The Kier molecular flexibility index (Phi) is 6.76. The van der Waals surface area contributed by atoms with E-state index in [-0.39, 0.29) is 10.8 Å². The number of aromatic nitrogens is 2. The van der Waals surface area contributed by atoms with Gasteiger partial charge in [-0.2, -0.15) is 5.10 Å². The number of amides is 1. The topological polar surface area (TPSA) is 93.1 Å². The van der Waals surface area contributed by atoms with E-state index in [0.717, 1.165) is 11.1 Å². The Bertz CT molecular complexity index is 1340. The monoisotopic (exact) mass is 480 g/mol. The summed E-state index contributed by atoms with van der Waals surface area (Å²) in [7, 11) is -3.78. The molecule has 0 aliphatic carbocycles. The molecule has 0 fully saturated rings. The van der Waals surface area contributed by atoms with Gasteiger partial charge in [-0.25, -0.2) is 8.42 Å². The van der Waals surface area contributed by atoms with Crippen molar-refractivity contribution in [3.8, 4) is 0 Å². The van der Waals surface area contributed by atoms with E-state index in [1.165, 1.54) is 24.3 Å². The first-order chi connectivity index (χ1) is 15.9. The minimum absolute atomic E-state index is 0.0559. The van der Waals surface area contributed by atoms with Crippen LogP contribution in [0.25, 0.3) is 0 Å². The van der Waals surface area contributed by atoms with Crippen LogP contribution in [0.2, 0.25) is 5.02 Å². The molecular formula is C24H21ClN4O3S. The SMILES string of the molecule is O=C(NCc1cccc(Cn2cccn2)c1)c1ccc(S(=O)(=O)Nc2ccc(Cl)cc2)cc1. The molecule has 0 radical (unpaired) electrons. The van der Waals surface area contributed by atoms with E-state index < -0.39 is 10.0 Å². The molecule has 0 unspecified atom stereocenters. The summed E-state index contributed by atoms with van der Waals surface area (Å²) in [6.45, 7) is 0.999. The number of nitrogens with zero attached hydrogens (tertiary/aromatic N) is 2. The number of hydrogen-bond acceptors (Lipinski definition) is 4. The van der Waals surface area contributed by atoms with Crippen molar-refractivity contribution in [2.24, 2.45) is 0 Å². The minimum atomic E-state index is -3.78. The molecule has 4 aromatic rings. The molecule has 33 heavy (non-hydrogen) atoms. The second kappa shape index (κ2) is 9.89. The zero-order chi connectivity index (χ0) is 23.3. The number of carbonyl (C=O) groups excluding carboxylic acids is 1. The minimum Gasteiger partial charge on any atom is -0.348 e. The molecule has 9 heteroatoms. The third kappa shape index (κ3) is 6.00. The van der Waals surface area contributed by atoms with Crippen molar-refractivity contribution in [3.05, 3.63) is 113 Å². The van der Waals surface area contributed by atoms with Gasteiger partial charge in [0, 0.05) is 35.2 Å². The molecule has 1 amide bonds. The average Bonchev–Trinajstić information content (AvgIpc) is 3.32. The predicted molar refractivity (Wildman–Crippen MR) is 128 cm³/mol. The molecule has 0 aliphatic rings.